The molecule has 0 bridgehead atoms. The van der Waals surface area contributed by atoms with Crippen LogP contribution in [-0.4, -0.2) is 58.5 Å². The summed E-state index contributed by atoms with van der Waals surface area (Å²) in [4.78, 5) is 49.0. The highest BCUT2D eigenvalue weighted by Gasteiger charge is 2.53. The molecule has 0 saturated carbocycles. The van der Waals surface area contributed by atoms with Crippen LogP contribution in [0, 0.1) is 0 Å². The van der Waals surface area contributed by atoms with Crippen molar-refractivity contribution in [2.45, 2.75) is 30.7 Å². The maximum absolute atomic E-state index is 12.3. The third kappa shape index (κ3) is 5.13. The molecular weight excluding hydrogens is 422 g/mol. The number of carbonyl (C=O) groups is 4. The lowest BCUT2D eigenvalue weighted by Gasteiger charge is -2.29. The fraction of sp³-hybridized carbons (Fsp3) is 0.444. The summed E-state index contributed by atoms with van der Waals surface area (Å²) < 4.78 is 10.2. The van der Waals surface area contributed by atoms with Crippen molar-refractivity contribution in [1.82, 2.24) is 15.8 Å². The summed E-state index contributed by atoms with van der Waals surface area (Å²) in [7, 11) is 0. The normalized spacial score (nSPS) is 22.8. The molecule has 0 spiro atoms. The van der Waals surface area contributed by atoms with E-state index in [9.17, 15) is 19.2 Å². The van der Waals surface area contributed by atoms with Crippen LogP contribution in [0.1, 0.15) is 19.8 Å². The Morgan fingerprint density at radius 1 is 1.21 bits per heavy atom. The monoisotopic (exact) mass is 441 g/mol. The van der Waals surface area contributed by atoms with Crippen LogP contribution in [0.2, 0.25) is 5.02 Å². The Bertz CT molecular complexity index is 820. The summed E-state index contributed by atoms with van der Waals surface area (Å²) >= 11 is 7.29. The van der Waals surface area contributed by atoms with Crippen LogP contribution >= 0.6 is 23.4 Å². The van der Waals surface area contributed by atoms with E-state index in [1.165, 1.54) is 11.8 Å². The number of nitrogens with zero attached hydrogens (tertiary/aromatic N) is 1. The highest BCUT2D eigenvalue weighted by atomic mass is 35.5. The van der Waals surface area contributed by atoms with E-state index < -0.39 is 30.4 Å². The van der Waals surface area contributed by atoms with Crippen LogP contribution < -0.4 is 15.6 Å². The predicted molar refractivity (Wildman–Crippen MR) is 105 cm³/mol. The summed E-state index contributed by atoms with van der Waals surface area (Å²) in [5.41, 5.74) is 4.29. The fourth-order valence-electron chi connectivity index (χ4n) is 3.12. The van der Waals surface area contributed by atoms with Gasteiger partial charge in [-0.15, -0.1) is 11.8 Å². The molecule has 1 aromatic rings. The maximum atomic E-state index is 12.3. The topological polar surface area (TPSA) is 114 Å². The first-order valence-electron chi connectivity index (χ1n) is 8.87. The molecule has 1 aromatic carbocycles. The summed E-state index contributed by atoms with van der Waals surface area (Å²) in [6, 6.07) is 5.74. The Labute approximate surface area is 176 Å². The zero-order valence-electron chi connectivity index (χ0n) is 15.6. The fourth-order valence-corrected chi connectivity index (χ4v) is 4.66. The molecule has 0 radical (unpaired) electrons. The quantitative estimate of drug-likeness (QED) is 0.497. The number of hydrazine groups is 1. The third-order valence-corrected chi connectivity index (χ3v) is 6.34. The van der Waals surface area contributed by atoms with E-state index in [4.69, 9.17) is 21.1 Å². The zero-order chi connectivity index (χ0) is 21.0. The summed E-state index contributed by atoms with van der Waals surface area (Å²) in [6.45, 7) is 1.03. The largest absolute Gasteiger partial charge is 0.484 e. The molecule has 156 valence electrons. The van der Waals surface area contributed by atoms with Gasteiger partial charge >= 0.3 is 5.97 Å². The van der Waals surface area contributed by atoms with Gasteiger partial charge < -0.3 is 14.4 Å². The molecule has 2 heterocycles. The minimum atomic E-state index is -0.709. The van der Waals surface area contributed by atoms with Gasteiger partial charge in [0.1, 0.15) is 11.8 Å². The number of nitrogens with one attached hydrogen (secondary N) is 2. The number of hydrogen-bond acceptors (Lipinski definition) is 7. The number of ether oxygens (including phenoxy) is 2. The average Bonchev–Trinajstić information content (AvgIpc) is 3.19. The van der Waals surface area contributed by atoms with Gasteiger partial charge in [-0.1, -0.05) is 11.6 Å². The van der Waals surface area contributed by atoms with Crippen molar-refractivity contribution >= 4 is 47.1 Å². The lowest BCUT2D eigenvalue weighted by molar-refractivity contribution is -0.156. The number of esters is 1. The molecule has 29 heavy (non-hydrogen) atoms. The van der Waals surface area contributed by atoms with E-state index >= 15 is 0 Å². The summed E-state index contributed by atoms with van der Waals surface area (Å²) in [5, 5.41) is 0.540. The molecule has 3 amide bonds. The third-order valence-electron chi connectivity index (χ3n) is 4.59. The van der Waals surface area contributed by atoms with E-state index in [1.807, 2.05) is 6.92 Å². The van der Waals surface area contributed by atoms with Crippen molar-refractivity contribution in [3.05, 3.63) is 29.3 Å². The van der Waals surface area contributed by atoms with Gasteiger partial charge in [0.15, 0.2) is 13.2 Å². The molecule has 11 heteroatoms. The molecule has 2 saturated heterocycles. The van der Waals surface area contributed by atoms with Gasteiger partial charge in [0.2, 0.25) is 5.91 Å². The van der Waals surface area contributed by atoms with Crippen LogP contribution in [0.5, 0.6) is 5.75 Å². The predicted octanol–water partition coefficient (Wildman–Crippen LogP) is 0.863. The van der Waals surface area contributed by atoms with Crippen LogP contribution in [0.4, 0.5) is 0 Å². The van der Waals surface area contributed by atoms with E-state index in [-0.39, 0.29) is 17.4 Å². The minimum Gasteiger partial charge on any atom is -0.484 e. The summed E-state index contributed by atoms with van der Waals surface area (Å²) in [5.74, 6) is -1.14. The minimum absolute atomic E-state index is 0.0862. The zero-order valence-corrected chi connectivity index (χ0v) is 17.2. The first-order valence-corrected chi connectivity index (χ1v) is 10.2. The molecule has 0 unspecified atom stereocenters. The highest BCUT2D eigenvalue weighted by molar-refractivity contribution is 8.01. The van der Waals surface area contributed by atoms with Crippen LogP contribution in [0.3, 0.4) is 0 Å². The number of hydrogen-bond donors (Lipinski definition) is 2. The smallest absolute Gasteiger partial charge is 0.330 e. The molecule has 3 rings (SSSR count). The SMILES string of the molecule is C[C@@]12CCC(=O)N1[C@@H](C(=O)OCC(=O)NNC(=O)COc1ccc(Cl)cc1)CS2. The highest BCUT2D eigenvalue weighted by Crippen LogP contribution is 2.47. The van der Waals surface area contributed by atoms with E-state index in [2.05, 4.69) is 10.9 Å². The molecule has 9 nitrogen and oxygen atoms in total. The lowest BCUT2D eigenvalue weighted by Crippen LogP contribution is -2.48. The first kappa shape index (κ1) is 21.3. The lowest BCUT2D eigenvalue weighted by atomic mass is 10.2. The van der Waals surface area contributed by atoms with E-state index in [0.717, 1.165) is 0 Å². The molecule has 2 N–H and O–H groups in total. The second kappa shape index (κ2) is 8.91. The Balaban J connectivity index is 1.36. The summed E-state index contributed by atoms with van der Waals surface area (Å²) in [6.07, 6.45) is 1.09. The Kier molecular flexibility index (Phi) is 6.53. The van der Waals surface area contributed by atoms with Gasteiger partial charge in [0, 0.05) is 17.2 Å². The van der Waals surface area contributed by atoms with E-state index in [0.29, 0.717) is 29.4 Å². The Morgan fingerprint density at radius 2 is 1.86 bits per heavy atom. The molecular formula is C18H20ClN3O6S. The second-order valence-corrected chi connectivity index (χ2v) is 8.65. The van der Waals surface area contributed by atoms with Crippen LogP contribution in [-0.2, 0) is 23.9 Å². The van der Waals surface area contributed by atoms with Gasteiger partial charge in [-0.3, -0.25) is 25.2 Å². The van der Waals surface area contributed by atoms with Gasteiger partial charge in [0.25, 0.3) is 11.8 Å². The van der Waals surface area contributed by atoms with Crippen LogP contribution in [0.15, 0.2) is 24.3 Å². The van der Waals surface area contributed by atoms with Crippen molar-refractivity contribution < 1.29 is 28.7 Å². The standard InChI is InChI=1S/C18H20ClN3O6S/c1-18-7-6-16(25)22(18)13(10-29-18)17(26)28-9-15(24)21-20-14(23)8-27-12-4-2-11(19)3-5-12/h2-5,13H,6-10H2,1H3,(H,20,23)(H,21,24)/t13-,18-/m1/s1. The van der Waals surface area contributed by atoms with Crippen molar-refractivity contribution in [1.29, 1.82) is 0 Å². The molecule has 2 atom stereocenters. The number of halogens is 1. The van der Waals surface area contributed by atoms with Crippen molar-refractivity contribution in [3.63, 3.8) is 0 Å². The van der Waals surface area contributed by atoms with Crippen molar-refractivity contribution in [3.8, 4) is 5.75 Å². The molecule has 0 aliphatic carbocycles. The number of benzene rings is 1. The number of amides is 3. The number of fused-ring (bicyclic) bond motifs is 1. The Hall–Kier alpha value is -2.46. The van der Waals surface area contributed by atoms with Gasteiger partial charge in [-0.05, 0) is 37.6 Å². The average molecular weight is 442 g/mol. The Morgan fingerprint density at radius 3 is 2.55 bits per heavy atom. The van der Waals surface area contributed by atoms with Gasteiger partial charge in [-0.2, -0.15) is 0 Å². The van der Waals surface area contributed by atoms with Crippen molar-refractivity contribution in [2.24, 2.45) is 0 Å². The number of thioether (sulfide) groups is 1. The van der Waals surface area contributed by atoms with Crippen molar-refractivity contribution in [2.75, 3.05) is 19.0 Å². The number of rotatable bonds is 6. The maximum Gasteiger partial charge on any atom is 0.330 e. The molecule has 2 aliphatic rings. The van der Waals surface area contributed by atoms with Gasteiger partial charge in [0.05, 0.1) is 4.87 Å². The molecule has 0 aromatic heterocycles. The first-order chi connectivity index (χ1) is 13.8. The molecule has 2 fully saturated rings. The second-order valence-electron chi connectivity index (χ2n) is 6.71. The van der Waals surface area contributed by atoms with Crippen LogP contribution in [0.25, 0.3) is 0 Å². The number of carbonyl (C=O) groups excluding carboxylic acids is 4. The van der Waals surface area contributed by atoms with Gasteiger partial charge in [-0.25, -0.2) is 4.79 Å². The van der Waals surface area contributed by atoms with E-state index in [1.54, 1.807) is 29.2 Å². The molecule has 2 aliphatic heterocycles.